The number of carbonyl (C=O) groups is 1. The molecule has 1 amide bonds. The summed E-state index contributed by atoms with van der Waals surface area (Å²) in [5.74, 6) is -0.455. The highest BCUT2D eigenvalue weighted by Gasteiger charge is 2.06. The molecule has 0 aliphatic rings. The van der Waals surface area contributed by atoms with Crippen LogP contribution in [0.25, 0.3) is 0 Å². The maximum Gasteiger partial charge on any atom is 0.280 e. The lowest BCUT2D eigenvalue weighted by molar-refractivity contribution is 0.100. The van der Waals surface area contributed by atoms with Gasteiger partial charge in [0.1, 0.15) is 5.75 Å². The van der Waals surface area contributed by atoms with E-state index in [1.54, 1.807) is 19.1 Å². The van der Waals surface area contributed by atoms with E-state index in [9.17, 15) is 9.90 Å². The second kappa shape index (κ2) is 3.67. The summed E-state index contributed by atoms with van der Waals surface area (Å²) in [6, 6.07) is 6.32. The molecule has 0 atom stereocenters. The molecule has 0 saturated heterocycles. The molecule has 62 valence electrons. The normalized spacial score (nSPS) is 10.4. The number of hydrogen-bond donors (Lipinski definition) is 1. The molecule has 0 saturated carbocycles. The second-order valence-corrected chi connectivity index (χ2v) is 2.21. The number of aliphatic imine (C=N–C) groups is 1. The van der Waals surface area contributed by atoms with Crippen LogP contribution in [0.4, 0.5) is 0 Å². The van der Waals surface area contributed by atoms with Crippen molar-refractivity contribution < 1.29 is 9.90 Å². The quantitative estimate of drug-likeness (QED) is 0.639. The molecule has 1 rings (SSSR count). The van der Waals surface area contributed by atoms with Crippen molar-refractivity contribution in [3.05, 3.63) is 29.8 Å². The number of hydrogen-bond acceptors (Lipinski definition) is 2. The van der Waals surface area contributed by atoms with Crippen LogP contribution in [0.5, 0.6) is 5.75 Å². The lowest BCUT2D eigenvalue weighted by Crippen LogP contribution is -1.94. The zero-order valence-electron chi connectivity index (χ0n) is 6.69. The molecule has 0 aliphatic heterocycles. The Kier molecular flexibility index (Phi) is 2.58. The molecule has 0 heterocycles. The number of carbonyl (C=O) groups excluding carboxylic acids is 1. The summed E-state index contributed by atoms with van der Waals surface area (Å²) in [6.45, 7) is 1.65. The van der Waals surface area contributed by atoms with Crippen molar-refractivity contribution in [2.45, 2.75) is 6.92 Å². The number of benzene rings is 1. The number of aromatic hydroxyl groups is 1. The molecule has 0 aliphatic carbocycles. The molecule has 0 spiro atoms. The van der Waals surface area contributed by atoms with Gasteiger partial charge in [-0.2, -0.15) is 0 Å². The third-order valence-electron chi connectivity index (χ3n) is 1.38. The van der Waals surface area contributed by atoms with Crippen LogP contribution in [-0.4, -0.2) is 17.2 Å². The fourth-order valence-corrected chi connectivity index (χ4v) is 0.841. The zero-order chi connectivity index (χ0) is 8.97. The van der Waals surface area contributed by atoms with Crippen LogP contribution in [0.2, 0.25) is 0 Å². The summed E-state index contributed by atoms with van der Waals surface area (Å²) in [7, 11) is 0. The number of rotatable bonds is 1. The highest BCUT2D eigenvalue weighted by molar-refractivity contribution is 6.00. The first kappa shape index (κ1) is 8.46. The SMILES string of the molecule is CC=NC(=O)c1ccccc1O. The molecule has 1 aromatic rings. The fourth-order valence-electron chi connectivity index (χ4n) is 0.841. The van der Waals surface area contributed by atoms with E-state index in [2.05, 4.69) is 4.99 Å². The Morgan fingerprint density at radius 2 is 2.17 bits per heavy atom. The van der Waals surface area contributed by atoms with Gasteiger partial charge in [0.05, 0.1) is 5.56 Å². The Labute approximate surface area is 70.4 Å². The maximum atomic E-state index is 11.1. The van der Waals surface area contributed by atoms with E-state index < -0.39 is 5.91 Å². The molecular formula is C9H9NO2. The van der Waals surface area contributed by atoms with Gasteiger partial charge in [0.25, 0.3) is 5.91 Å². The first-order valence-electron chi connectivity index (χ1n) is 3.56. The van der Waals surface area contributed by atoms with E-state index >= 15 is 0 Å². The van der Waals surface area contributed by atoms with Crippen molar-refractivity contribution in [3.63, 3.8) is 0 Å². The van der Waals surface area contributed by atoms with Crippen LogP contribution >= 0.6 is 0 Å². The minimum Gasteiger partial charge on any atom is -0.507 e. The van der Waals surface area contributed by atoms with Crippen molar-refractivity contribution in [1.82, 2.24) is 0 Å². The lowest BCUT2D eigenvalue weighted by Gasteiger charge is -1.96. The topological polar surface area (TPSA) is 49.7 Å². The Morgan fingerprint density at radius 3 is 2.75 bits per heavy atom. The monoisotopic (exact) mass is 163 g/mol. The average molecular weight is 163 g/mol. The molecule has 1 N–H and O–H groups in total. The third kappa shape index (κ3) is 1.69. The van der Waals surface area contributed by atoms with E-state index in [1.807, 2.05) is 0 Å². The zero-order valence-corrected chi connectivity index (χ0v) is 6.69. The predicted molar refractivity (Wildman–Crippen MR) is 46.6 cm³/mol. The summed E-state index contributed by atoms with van der Waals surface area (Å²) >= 11 is 0. The first-order valence-corrected chi connectivity index (χ1v) is 3.56. The van der Waals surface area contributed by atoms with Crippen LogP contribution < -0.4 is 0 Å². The molecule has 0 fully saturated rings. The molecule has 0 unspecified atom stereocenters. The van der Waals surface area contributed by atoms with Gasteiger partial charge in [-0.25, -0.2) is 4.99 Å². The van der Waals surface area contributed by atoms with Gasteiger partial charge in [-0.1, -0.05) is 12.1 Å². The maximum absolute atomic E-state index is 11.1. The molecule has 1 aromatic carbocycles. The smallest absolute Gasteiger partial charge is 0.280 e. The van der Waals surface area contributed by atoms with Crippen molar-refractivity contribution >= 4 is 12.1 Å². The Balaban J connectivity index is 3.03. The van der Waals surface area contributed by atoms with Gasteiger partial charge >= 0.3 is 0 Å². The lowest BCUT2D eigenvalue weighted by atomic mass is 10.2. The van der Waals surface area contributed by atoms with Crippen molar-refractivity contribution in [2.24, 2.45) is 4.99 Å². The molecule has 0 radical (unpaired) electrons. The standard InChI is InChI=1S/C9H9NO2/c1-2-10-9(12)7-5-3-4-6-8(7)11/h2-6,11H,1H3. The minimum absolute atomic E-state index is 0.0342. The van der Waals surface area contributed by atoms with Gasteiger partial charge in [-0.05, 0) is 19.1 Å². The van der Waals surface area contributed by atoms with Gasteiger partial charge in [-0.3, -0.25) is 4.79 Å². The summed E-state index contributed by atoms with van der Waals surface area (Å²) in [5, 5.41) is 9.21. The first-order chi connectivity index (χ1) is 5.75. The van der Waals surface area contributed by atoms with E-state index in [0.717, 1.165) is 0 Å². The molecular weight excluding hydrogens is 154 g/mol. The molecule has 3 nitrogen and oxygen atoms in total. The largest absolute Gasteiger partial charge is 0.507 e. The Bertz CT molecular complexity index is 318. The fraction of sp³-hybridized carbons (Fsp3) is 0.111. The summed E-state index contributed by atoms with van der Waals surface area (Å²) in [6.07, 6.45) is 1.40. The minimum atomic E-state index is -0.421. The Morgan fingerprint density at radius 1 is 1.50 bits per heavy atom. The highest BCUT2D eigenvalue weighted by atomic mass is 16.3. The van der Waals surface area contributed by atoms with E-state index in [0.29, 0.717) is 0 Å². The van der Waals surface area contributed by atoms with Crippen LogP contribution in [0.1, 0.15) is 17.3 Å². The summed E-state index contributed by atoms with van der Waals surface area (Å²) < 4.78 is 0. The van der Waals surface area contributed by atoms with Crippen LogP contribution in [-0.2, 0) is 0 Å². The van der Waals surface area contributed by atoms with E-state index in [-0.39, 0.29) is 11.3 Å². The third-order valence-corrected chi connectivity index (χ3v) is 1.38. The molecule has 0 aromatic heterocycles. The van der Waals surface area contributed by atoms with E-state index in [4.69, 9.17) is 0 Å². The molecule has 12 heavy (non-hydrogen) atoms. The van der Waals surface area contributed by atoms with Crippen LogP contribution in [0, 0.1) is 0 Å². The summed E-state index contributed by atoms with van der Waals surface area (Å²) in [5.41, 5.74) is 0.232. The van der Waals surface area contributed by atoms with Gasteiger partial charge in [-0.15, -0.1) is 0 Å². The average Bonchev–Trinajstić information content (AvgIpc) is 2.05. The number of para-hydroxylation sites is 1. The van der Waals surface area contributed by atoms with Gasteiger partial charge < -0.3 is 5.11 Å². The number of nitrogens with zero attached hydrogens (tertiary/aromatic N) is 1. The van der Waals surface area contributed by atoms with E-state index in [1.165, 1.54) is 18.3 Å². The van der Waals surface area contributed by atoms with Crippen LogP contribution in [0.3, 0.4) is 0 Å². The molecule has 3 heteroatoms. The van der Waals surface area contributed by atoms with Gasteiger partial charge in [0.2, 0.25) is 0 Å². The van der Waals surface area contributed by atoms with Crippen LogP contribution in [0.15, 0.2) is 29.3 Å². The number of phenols is 1. The number of amides is 1. The predicted octanol–water partition coefficient (Wildman–Crippen LogP) is 1.62. The number of phenolic OH excluding ortho intramolecular Hbond substituents is 1. The van der Waals surface area contributed by atoms with Crippen molar-refractivity contribution in [1.29, 1.82) is 0 Å². The molecule has 0 bridgehead atoms. The van der Waals surface area contributed by atoms with Gasteiger partial charge in [0.15, 0.2) is 0 Å². The van der Waals surface area contributed by atoms with Gasteiger partial charge in [0, 0.05) is 6.21 Å². The summed E-state index contributed by atoms with van der Waals surface area (Å²) in [4.78, 5) is 14.6. The van der Waals surface area contributed by atoms with Crippen molar-refractivity contribution in [2.75, 3.05) is 0 Å². The van der Waals surface area contributed by atoms with Crippen molar-refractivity contribution in [3.8, 4) is 5.75 Å². The Hall–Kier alpha value is -1.64. The second-order valence-electron chi connectivity index (χ2n) is 2.21. The highest BCUT2D eigenvalue weighted by Crippen LogP contribution is 2.15.